The van der Waals surface area contributed by atoms with Gasteiger partial charge in [-0.3, -0.25) is 5.43 Å². The first-order valence-electron chi connectivity index (χ1n) is 9.60. The fraction of sp³-hybridized carbons (Fsp3) is 0.500. The third-order valence-corrected chi connectivity index (χ3v) is 5.15. The molecule has 1 aromatic heterocycles. The molecule has 0 unspecified atom stereocenters. The van der Waals surface area contributed by atoms with Gasteiger partial charge in [0.1, 0.15) is 24.4 Å². The molecular formula is C20H29N4O2S+. The molecule has 1 saturated heterocycles. The van der Waals surface area contributed by atoms with Crippen LogP contribution in [0.3, 0.4) is 0 Å². The van der Waals surface area contributed by atoms with Gasteiger partial charge >= 0.3 is 0 Å². The Kier molecular flexibility index (Phi) is 6.82. The average Bonchev–Trinajstić information content (AvgIpc) is 3.04. The zero-order chi connectivity index (χ0) is 19.2. The van der Waals surface area contributed by atoms with Crippen LogP contribution in [0, 0.1) is 6.92 Å². The number of benzene rings is 1. The Labute approximate surface area is 165 Å². The number of nitrogens with zero attached hydrogens (tertiary/aromatic N) is 1. The van der Waals surface area contributed by atoms with Gasteiger partial charge in [0.15, 0.2) is 10.9 Å². The van der Waals surface area contributed by atoms with Crippen molar-refractivity contribution in [2.45, 2.75) is 27.2 Å². The molecule has 0 radical (unpaired) electrons. The van der Waals surface area contributed by atoms with Crippen LogP contribution in [0.2, 0.25) is 0 Å². The molecule has 146 valence electrons. The number of quaternary nitrogens is 1. The maximum atomic E-state index is 6.05. The lowest BCUT2D eigenvalue weighted by Gasteiger charge is -2.23. The number of hydrogen-bond donors (Lipinski definition) is 3. The summed E-state index contributed by atoms with van der Waals surface area (Å²) in [7, 11) is 0. The maximum Gasteiger partial charge on any atom is 0.187 e. The third kappa shape index (κ3) is 5.06. The number of aryl methyl sites for hydroxylation is 2. The van der Waals surface area contributed by atoms with Gasteiger partial charge in [0.2, 0.25) is 0 Å². The van der Waals surface area contributed by atoms with Gasteiger partial charge in [0, 0.05) is 10.9 Å². The molecule has 7 heteroatoms. The summed E-state index contributed by atoms with van der Waals surface area (Å²) in [5.41, 5.74) is 7.05. The van der Waals surface area contributed by atoms with Gasteiger partial charge in [-0.2, -0.15) is 5.10 Å². The molecule has 2 heterocycles. The zero-order valence-corrected chi connectivity index (χ0v) is 17.2. The van der Waals surface area contributed by atoms with Crippen LogP contribution in [0.4, 0.5) is 0 Å². The van der Waals surface area contributed by atoms with Crippen molar-refractivity contribution in [1.82, 2.24) is 10.7 Å². The Balaban J connectivity index is 1.58. The summed E-state index contributed by atoms with van der Waals surface area (Å²) in [5.74, 6) is 0.825. The first kappa shape index (κ1) is 19.8. The molecule has 0 amide bonds. The first-order valence-corrected chi connectivity index (χ1v) is 10.0. The van der Waals surface area contributed by atoms with Crippen LogP contribution in [0.5, 0.6) is 0 Å². The Morgan fingerprint density at radius 3 is 2.81 bits per heavy atom. The predicted octanol–water partition coefficient (Wildman–Crippen LogP) is 1.41. The summed E-state index contributed by atoms with van der Waals surface area (Å²) in [4.78, 5) is 1.54. The number of nitrogens with one attached hydrogen (secondary N) is 3. The van der Waals surface area contributed by atoms with Gasteiger partial charge < -0.3 is 19.4 Å². The number of thiocarbonyl (C=S) groups is 1. The van der Waals surface area contributed by atoms with Crippen LogP contribution in [0.25, 0.3) is 11.0 Å². The number of fused-ring (bicyclic) bond motifs is 1. The molecule has 2 aromatic rings. The average molecular weight is 390 g/mol. The van der Waals surface area contributed by atoms with E-state index in [1.807, 2.05) is 13.0 Å². The highest BCUT2D eigenvalue weighted by Crippen LogP contribution is 2.27. The number of rotatable bonds is 6. The van der Waals surface area contributed by atoms with Crippen LogP contribution < -0.4 is 15.6 Å². The van der Waals surface area contributed by atoms with Crippen LogP contribution in [0.15, 0.2) is 27.7 Å². The number of morpholine rings is 1. The summed E-state index contributed by atoms with van der Waals surface area (Å²) < 4.78 is 11.4. The van der Waals surface area contributed by atoms with Gasteiger partial charge in [-0.25, -0.2) is 0 Å². The number of hydrogen-bond acceptors (Lipinski definition) is 4. The molecule has 0 saturated carbocycles. The normalized spacial score (nSPS) is 15.9. The molecule has 0 atom stereocenters. The Bertz CT molecular complexity index is 825. The molecule has 3 rings (SSSR count). The predicted molar refractivity (Wildman–Crippen MR) is 113 cm³/mol. The van der Waals surface area contributed by atoms with E-state index in [1.165, 1.54) is 11.1 Å². The van der Waals surface area contributed by atoms with Gasteiger partial charge in [0.25, 0.3) is 0 Å². The second kappa shape index (κ2) is 9.30. The van der Waals surface area contributed by atoms with Gasteiger partial charge in [-0.15, -0.1) is 0 Å². The Morgan fingerprint density at radius 2 is 2.07 bits per heavy atom. The van der Waals surface area contributed by atoms with Crippen LogP contribution in [-0.4, -0.2) is 50.2 Å². The smallest absolute Gasteiger partial charge is 0.187 e. The zero-order valence-electron chi connectivity index (χ0n) is 16.4. The fourth-order valence-corrected chi connectivity index (χ4v) is 3.54. The molecule has 1 aromatic carbocycles. The van der Waals surface area contributed by atoms with Gasteiger partial charge in [-0.1, -0.05) is 18.6 Å². The van der Waals surface area contributed by atoms with Crippen LogP contribution >= 0.6 is 12.2 Å². The summed E-state index contributed by atoms with van der Waals surface area (Å²) in [6.45, 7) is 11.8. The number of ether oxygens (including phenoxy) is 1. The lowest BCUT2D eigenvalue weighted by Crippen LogP contribution is -3.14. The molecule has 0 aliphatic carbocycles. The third-order valence-electron chi connectivity index (χ3n) is 4.92. The number of hydrazone groups is 1. The van der Waals surface area contributed by atoms with Crippen molar-refractivity contribution < 1.29 is 14.1 Å². The van der Waals surface area contributed by atoms with E-state index in [1.54, 1.807) is 4.90 Å². The van der Waals surface area contributed by atoms with Gasteiger partial charge in [-0.05, 0) is 44.6 Å². The lowest BCUT2D eigenvalue weighted by molar-refractivity contribution is -0.906. The van der Waals surface area contributed by atoms with Crippen molar-refractivity contribution in [1.29, 1.82) is 0 Å². The highest BCUT2D eigenvalue weighted by Gasteiger charge is 2.16. The fourth-order valence-electron chi connectivity index (χ4n) is 3.39. The van der Waals surface area contributed by atoms with Crippen molar-refractivity contribution >= 4 is 34.0 Å². The first-order chi connectivity index (χ1) is 13.1. The van der Waals surface area contributed by atoms with Crippen molar-refractivity contribution in [2.75, 3.05) is 39.4 Å². The molecule has 1 aliphatic rings. The van der Waals surface area contributed by atoms with Crippen molar-refractivity contribution in [3.05, 3.63) is 35.1 Å². The topological polar surface area (TPSA) is 63.2 Å². The lowest BCUT2D eigenvalue weighted by atomic mass is 10.0. The molecule has 1 aliphatic heterocycles. The largest absolute Gasteiger partial charge is 0.454 e. The molecule has 6 nitrogen and oxygen atoms in total. The van der Waals surface area contributed by atoms with Crippen molar-refractivity contribution in [2.24, 2.45) is 5.10 Å². The van der Waals surface area contributed by atoms with E-state index in [2.05, 4.69) is 41.8 Å². The quantitative estimate of drug-likeness (QED) is 0.396. The summed E-state index contributed by atoms with van der Waals surface area (Å²) in [6.07, 6.45) is 0.893. The standard InChI is InChI=1S/C20H28N4O2S/c1-4-16-17-13-14(2)5-6-18(17)26-19(16)15(3)22-23-20(27)21-7-8-24-9-11-25-12-10-24/h5-6,13H,4,7-12H2,1-3H3,(H2,21,23,27)/p+1/b22-15-. The minimum absolute atomic E-state index is 0.534. The van der Waals surface area contributed by atoms with Crippen molar-refractivity contribution in [3.8, 4) is 0 Å². The maximum absolute atomic E-state index is 6.05. The summed E-state index contributed by atoms with van der Waals surface area (Å²) in [6, 6.07) is 6.26. The highest BCUT2D eigenvalue weighted by atomic mass is 32.1. The molecule has 27 heavy (non-hydrogen) atoms. The van der Waals surface area contributed by atoms with E-state index < -0.39 is 0 Å². The van der Waals surface area contributed by atoms with E-state index in [9.17, 15) is 0 Å². The van der Waals surface area contributed by atoms with Crippen LogP contribution in [-0.2, 0) is 11.2 Å². The van der Waals surface area contributed by atoms with Gasteiger partial charge in [0.05, 0.1) is 26.3 Å². The second-order valence-electron chi connectivity index (χ2n) is 6.94. The summed E-state index contributed by atoms with van der Waals surface area (Å²) in [5, 5.41) is 9.35. The van der Waals surface area contributed by atoms with E-state index in [0.717, 1.165) is 68.3 Å². The Hall–Kier alpha value is -1.96. The monoisotopic (exact) mass is 389 g/mol. The SMILES string of the molecule is CCc1c(/C(C)=N\NC(=S)NCC[NH+]2CCOCC2)oc2ccc(C)cc12. The van der Waals surface area contributed by atoms with E-state index in [0.29, 0.717) is 5.11 Å². The van der Waals surface area contributed by atoms with Crippen LogP contribution in [0.1, 0.15) is 30.7 Å². The minimum Gasteiger partial charge on any atom is -0.454 e. The molecule has 3 N–H and O–H groups in total. The minimum atomic E-state index is 0.534. The van der Waals surface area contributed by atoms with Crippen molar-refractivity contribution in [3.63, 3.8) is 0 Å². The summed E-state index contributed by atoms with van der Waals surface area (Å²) >= 11 is 5.34. The highest BCUT2D eigenvalue weighted by molar-refractivity contribution is 7.80. The molecule has 0 bridgehead atoms. The Morgan fingerprint density at radius 1 is 1.30 bits per heavy atom. The van der Waals surface area contributed by atoms with E-state index in [4.69, 9.17) is 21.4 Å². The molecular weight excluding hydrogens is 360 g/mol. The number of furan rings is 1. The molecule has 1 fully saturated rings. The second-order valence-corrected chi connectivity index (χ2v) is 7.35. The van der Waals surface area contributed by atoms with E-state index in [-0.39, 0.29) is 0 Å². The van der Waals surface area contributed by atoms with E-state index >= 15 is 0 Å². The molecule has 0 spiro atoms.